The molecule has 1 aromatic rings. The summed E-state index contributed by atoms with van der Waals surface area (Å²) in [6.07, 6.45) is 0. The van der Waals surface area contributed by atoms with Gasteiger partial charge in [0.2, 0.25) is 0 Å². The number of nitrogens with zero attached hydrogens (tertiary/aromatic N) is 4. The molecule has 0 saturated heterocycles. The highest BCUT2D eigenvalue weighted by molar-refractivity contribution is 5.92. The van der Waals surface area contributed by atoms with Gasteiger partial charge in [0.05, 0.1) is 12.1 Å². The first-order valence-corrected chi connectivity index (χ1v) is 4.44. The molecule has 0 bridgehead atoms. The van der Waals surface area contributed by atoms with E-state index in [1.54, 1.807) is 12.1 Å². The Morgan fingerprint density at radius 1 is 1.38 bits per heavy atom. The molecule has 1 amide bonds. The van der Waals surface area contributed by atoms with E-state index in [4.69, 9.17) is 16.3 Å². The summed E-state index contributed by atoms with van der Waals surface area (Å²) in [7, 11) is 0. The second-order valence-electron chi connectivity index (χ2n) is 2.93. The van der Waals surface area contributed by atoms with Gasteiger partial charge >= 0.3 is 0 Å². The fraction of sp³-hybridized carbons (Fsp3) is 0.200. The Kier molecular flexibility index (Phi) is 3.82. The maximum absolute atomic E-state index is 11.8. The quantitative estimate of drug-likeness (QED) is 0.722. The molecule has 0 aliphatic carbocycles. The second-order valence-corrected chi connectivity index (χ2v) is 2.93. The Bertz CT molecular complexity index is 455. The summed E-state index contributed by atoms with van der Waals surface area (Å²) in [5.41, 5.74) is 5.56. The summed E-state index contributed by atoms with van der Waals surface area (Å²) in [5.74, 6) is -0.255. The zero-order chi connectivity index (χ0) is 12.0. The van der Waals surface area contributed by atoms with Gasteiger partial charge in [0.15, 0.2) is 0 Å². The van der Waals surface area contributed by atoms with Gasteiger partial charge in [-0.15, -0.1) is 0 Å². The van der Waals surface area contributed by atoms with Gasteiger partial charge in [0, 0.05) is 0 Å². The number of hydrogen-bond donors (Lipinski definition) is 1. The number of nitrogens with two attached hydrogens (primary N) is 1. The monoisotopic (exact) mass is 215 g/mol. The van der Waals surface area contributed by atoms with Crippen molar-refractivity contribution in [1.82, 2.24) is 9.88 Å². The molecule has 0 fully saturated rings. The molecule has 0 spiro atoms. The van der Waals surface area contributed by atoms with Crippen LogP contribution < -0.4 is 5.73 Å². The van der Waals surface area contributed by atoms with Crippen LogP contribution >= 0.6 is 0 Å². The molecule has 0 aliphatic rings. The van der Waals surface area contributed by atoms with E-state index in [0.717, 1.165) is 4.90 Å². The highest BCUT2D eigenvalue weighted by atomic mass is 16.2. The van der Waals surface area contributed by atoms with E-state index < -0.39 is 5.91 Å². The first kappa shape index (κ1) is 11.5. The zero-order valence-corrected chi connectivity index (χ0v) is 8.42. The Morgan fingerprint density at radius 2 is 2.00 bits per heavy atom. The highest BCUT2D eigenvalue weighted by Gasteiger charge is 2.16. The number of nitrogen functional groups attached to an aromatic ring is 1. The molecule has 6 nitrogen and oxygen atoms in total. The number of carbonyl (C=O) groups excluding carboxylic acids is 1. The standard InChI is InChI=1S/C10H9N5O/c11-4-6-15(7-5-12)10(16)8-2-1-3-9(13)14-8/h1-3H,6-7H2,(H2,13,14). The average Bonchev–Trinajstić information content (AvgIpc) is 2.28. The fourth-order valence-corrected chi connectivity index (χ4v) is 1.10. The number of aromatic nitrogens is 1. The Labute approximate surface area is 92.5 Å². The van der Waals surface area contributed by atoms with Crippen LogP contribution in [-0.2, 0) is 0 Å². The van der Waals surface area contributed by atoms with Crippen molar-refractivity contribution in [3.63, 3.8) is 0 Å². The van der Waals surface area contributed by atoms with Gasteiger partial charge in [-0.3, -0.25) is 4.79 Å². The molecular formula is C10H9N5O. The lowest BCUT2D eigenvalue weighted by Gasteiger charge is -2.14. The SMILES string of the molecule is N#CCN(CC#N)C(=O)c1cccc(N)n1. The third-order valence-electron chi connectivity index (χ3n) is 1.80. The van der Waals surface area contributed by atoms with Gasteiger partial charge in [0.1, 0.15) is 24.6 Å². The van der Waals surface area contributed by atoms with Gasteiger partial charge in [-0.1, -0.05) is 6.07 Å². The van der Waals surface area contributed by atoms with Crippen molar-refractivity contribution >= 4 is 11.7 Å². The molecule has 1 aromatic heterocycles. The molecule has 0 aromatic carbocycles. The molecule has 1 heterocycles. The molecule has 1 rings (SSSR count). The molecule has 0 radical (unpaired) electrons. The van der Waals surface area contributed by atoms with Crippen LogP contribution in [-0.4, -0.2) is 28.9 Å². The van der Waals surface area contributed by atoms with Crippen LogP contribution in [0, 0.1) is 22.7 Å². The number of rotatable bonds is 3. The van der Waals surface area contributed by atoms with Crippen molar-refractivity contribution in [3.8, 4) is 12.1 Å². The number of pyridine rings is 1. The molecule has 0 aliphatic heterocycles. The van der Waals surface area contributed by atoms with Crippen LogP contribution in [0.15, 0.2) is 18.2 Å². The van der Waals surface area contributed by atoms with Crippen LogP contribution in [0.4, 0.5) is 5.82 Å². The normalized spacial score (nSPS) is 8.88. The number of hydrogen-bond acceptors (Lipinski definition) is 5. The predicted octanol–water partition coefficient (Wildman–Crippen LogP) is 0.153. The van der Waals surface area contributed by atoms with Crippen LogP contribution in [0.2, 0.25) is 0 Å². The highest BCUT2D eigenvalue weighted by Crippen LogP contribution is 2.04. The van der Waals surface area contributed by atoms with Gasteiger partial charge < -0.3 is 10.6 Å². The fourth-order valence-electron chi connectivity index (χ4n) is 1.10. The lowest BCUT2D eigenvalue weighted by atomic mass is 10.3. The zero-order valence-electron chi connectivity index (χ0n) is 8.42. The molecule has 0 unspecified atom stereocenters. The summed E-state index contributed by atoms with van der Waals surface area (Å²) >= 11 is 0. The first-order chi connectivity index (χ1) is 7.69. The van der Waals surface area contributed by atoms with Crippen molar-refractivity contribution in [2.75, 3.05) is 18.8 Å². The maximum atomic E-state index is 11.8. The lowest BCUT2D eigenvalue weighted by molar-refractivity contribution is 0.0789. The van der Waals surface area contributed by atoms with Crippen molar-refractivity contribution in [2.45, 2.75) is 0 Å². The van der Waals surface area contributed by atoms with Crippen molar-refractivity contribution in [1.29, 1.82) is 10.5 Å². The first-order valence-electron chi connectivity index (χ1n) is 4.44. The minimum atomic E-state index is -0.476. The van der Waals surface area contributed by atoms with E-state index in [9.17, 15) is 4.79 Å². The topological polar surface area (TPSA) is 107 Å². The van der Waals surface area contributed by atoms with E-state index in [2.05, 4.69) is 4.98 Å². The maximum Gasteiger partial charge on any atom is 0.274 e. The van der Waals surface area contributed by atoms with Gasteiger partial charge in [0.25, 0.3) is 5.91 Å². The van der Waals surface area contributed by atoms with Gasteiger partial charge in [-0.05, 0) is 12.1 Å². The van der Waals surface area contributed by atoms with Crippen LogP contribution in [0.25, 0.3) is 0 Å². The second kappa shape index (κ2) is 5.32. The Hall–Kier alpha value is -2.60. The van der Waals surface area contributed by atoms with Crippen LogP contribution in [0.3, 0.4) is 0 Å². The molecule has 80 valence electrons. The van der Waals surface area contributed by atoms with E-state index in [-0.39, 0.29) is 24.6 Å². The molecule has 6 heteroatoms. The van der Waals surface area contributed by atoms with Crippen molar-refractivity contribution < 1.29 is 4.79 Å². The summed E-state index contributed by atoms with van der Waals surface area (Å²) < 4.78 is 0. The summed E-state index contributed by atoms with van der Waals surface area (Å²) in [4.78, 5) is 16.7. The predicted molar refractivity (Wildman–Crippen MR) is 55.8 cm³/mol. The van der Waals surface area contributed by atoms with Crippen LogP contribution in [0.1, 0.15) is 10.5 Å². The third-order valence-corrected chi connectivity index (χ3v) is 1.80. The number of nitriles is 2. The number of anilines is 1. The molecule has 2 N–H and O–H groups in total. The van der Waals surface area contributed by atoms with E-state index in [1.807, 2.05) is 12.1 Å². The third kappa shape index (κ3) is 2.69. The minimum absolute atomic E-state index is 0.130. The largest absolute Gasteiger partial charge is 0.384 e. The summed E-state index contributed by atoms with van der Waals surface area (Å²) in [6.45, 7) is -0.300. The minimum Gasteiger partial charge on any atom is -0.384 e. The Balaban J connectivity index is 2.91. The van der Waals surface area contributed by atoms with Gasteiger partial charge in [-0.2, -0.15) is 10.5 Å². The smallest absolute Gasteiger partial charge is 0.274 e. The van der Waals surface area contributed by atoms with E-state index in [0.29, 0.717) is 0 Å². The number of amides is 1. The number of carbonyl (C=O) groups is 1. The Morgan fingerprint density at radius 3 is 2.50 bits per heavy atom. The van der Waals surface area contributed by atoms with Crippen LogP contribution in [0.5, 0.6) is 0 Å². The summed E-state index contributed by atoms with van der Waals surface area (Å²) in [5, 5.41) is 17.0. The van der Waals surface area contributed by atoms with E-state index >= 15 is 0 Å². The molecule has 0 saturated carbocycles. The average molecular weight is 215 g/mol. The lowest BCUT2D eigenvalue weighted by Crippen LogP contribution is -2.32. The molecular weight excluding hydrogens is 206 g/mol. The summed E-state index contributed by atoms with van der Waals surface area (Å²) in [6, 6.07) is 8.25. The van der Waals surface area contributed by atoms with Crippen molar-refractivity contribution in [3.05, 3.63) is 23.9 Å². The van der Waals surface area contributed by atoms with E-state index in [1.165, 1.54) is 6.07 Å². The molecule has 0 atom stereocenters. The van der Waals surface area contributed by atoms with Crippen molar-refractivity contribution in [2.24, 2.45) is 0 Å². The van der Waals surface area contributed by atoms with Gasteiger partial charge in [-0.25, -0.2) is 4.98 Å². The molecule has 16 heavy (non-hydrogen) atoms.